The van der Waals surface area contributed by atoms with Crippen molar-refractivity contribution in [1.82, 2.24) is 73.6 Å². The maximum atomic E-state index is 14.5. The van der Waals surface area contributed by atoms with Gasteiger partial charge in [-0.15, -0.1) is 0 Å². The largest absolute Gasteiger partial charge is 0.480 e. The first-order chi connectivity index (χ1) is 50.1. The van der Waals surface area contributed by atoms with E-state index in [2.05, 4.69) is 76.4 Å². The van der Waals surface area contributed by atoms with Crippen LogP contribution in [0.4, 0.5) is 0 Å². The zero-order valence-electron chi connectivity index (χ0n) is 63.6. The van der Waals surface area contributed by atoms with Gasteiger partial charge in [-0.1, -0.05) is 99.6 Å². The van der Waals surface area contributed by atoms with Gasteiger partial charge in [0.25, 0.3) is 0 Å². The number of thiol groups is 1. The van der Waals surface area contributed by atoms with E-state index in [4.69, 9.17) is 5.73 Å². The number of amides is 14. The van der Waals surface area contributed by atoms with E-state index < -0.39 is 205 Å². The number of rotatable bonds is 44. The van der Waals surface area contributed by atoms with Crippen LogP contribution in [-0.2, 0) is 78.3 Å². The van der Waals surface area contributed by atoms with Crippen molar-refractivity contribution in [3.05, 3.63) is 35.9 Å². The molecule has 36 heteroatoms. The first-order valence-corrected chi connectivity index (χ1v) is 37.2. The normalized spacial score (nSPS) is 18.3. The summed E-state index contributed by atoms with van der Waals surface area (Å²) in [5.74, 6) is -14.6. The molecule has 16 atom stereocenters. The molecule has 19 N–H and O–H groups in total. The molecule has 2 heterocycles. The van der Waals surface area contributed by atoms with E-state index in [0.717, 1.165) is 0 Å². The highest BCUT2D eigenvalue weighted by Crippen LogP contribution is 2.22. The van der Waals surface area contributed by atoms with E-state index >= 15 is 0 Å². The Labute approximate surface area is 630 Å². The SMILES string of the molecule is CC(C)C[C@H](NC(=O)[C@H](CC(C)C)NC(=O)[C@H](CS)NC(=O)[C@@H]1CCCN1C(=O)CNC(=O)[C@H](CC(C)C)NC(=O)[C@H](CO)NC(=O)[C@H](CO)NC(=O)[C@H](CC(C)C)NC(=O)[C@H](Cc1ccccc1)NC(=O)[C@@H](NC(=O)[C@@H]1CCCN1C(=O)[C@H](C)NC(=O)[C@H](CC(C)C)NC(=O)[C@@H](N)[C@@H](C)O)[C@@H](C)O)C(=O)O. The Hall–Kier alpha value is -8.58. The monoisotopic (exact) mass is 1530 g/mol. The highest BCUT2D eigenvalue weighted by molar-refractivity contribution is 7.80. The van der Waals surface area contributed by atoms with Crippen molar-refractivity contribution >= 4 is 101 Å². The summed E-state index contributed by atoms with van der Waals surface area (Å²) in [6, 6.07) is -11.2. The standard InChI is InChI=1S/C71H117N15O20S/c1-35(2)25-44(58(92)73-31-55(91)85-23-17-21-53(85)66(100)83-52(34-107)65(99)77-46(27-37(5)6)60(94)80-49(71(105)106)29-39(9)10)75-63(97)50(32-87)82-64(98)51(33-88)81-61(95)47(28-38(7)8)76-62(96)48(30-43-19-15-14-16-20-43)79-69(103)57(42(13)90)84-67(101)54-22-18-24-86(54)70(104)40(11)74-59(93)45(26-36(3)4)78-68(102)56(72)41(12)89/h14-16,19-20,35-42,44-54,56-57,87-90,107H,17-18,21-34,72H2,1-13H3,(H,73,92)(H,74,93)(H,75,97)(H,76,96)(H,77,99)(H,78,102)(H,79,103)(H,80,94)(H,81,95)(H,82,98)(H,83,100)(H,84,101)(H,105,106)/t40-,41+,42+,44-,45-,46-,47-,48-,49-,50-,51-,52-,53-,54-,56-,57-/m0/s1. The van der Waals surface area contributed by atoms with E-state index in [-0.39, 0.29) is 99.8 Å². The highest BCUT2D eigenvalue weighted by Gasteiger charge is 2.42. The number of nitrogens with zero attached hydrogens (tertiary/aromatic N) is 2. The van der Waals surface area contributed by atoms with Crippen molar-refractivity contribution in [2.45, 2.75) is 251 Å². The number of aliphatic hydroxyl groups is 4. The van der Waals surface area contributed by atoms with E-state index in [1.54, 1.807) is 99.6 Å². The molecule has 602 valence electrons. The Kier molecular flexibility index (Phi) is 39.2. The van der Waals surface area contributed by atoms with Crippen LogP contribution in [0.1, 0.15) is 153 Å². The Bertz CT molecular complexity index is 3200. The van der Waals surface area contributed by atoms with Gasteiger partial charge in [0.05, 0.1) is 32.0 Å². The number of aliphatic carboxylic acids is 1. The fourth-order valence-electron chi connectivity index (χ4n) is 12.1. The van der Waals surface area contributed by atoms with Crippen molar-refractivity contribution < 1.29 is 97.5 Å². The van der Waals surface area contributed by atoms with Crippen LogP contribution >= 0.6 is 12.6 Å². The lowest BCUT2D eigenvalue weighted by Crippen LogP contribution is -2.62. The van der Waals surface area contributed by atoms with Crippen LogP contribution in [0.15, 0.2) is 30.3 Å². The molecule has 0 saturated carbocycles. The number of carboxylic acid groups (broad SMARTS) is 1. The number of carbonyl (C=O) groups is 15. The second-order valence-electron chi connectivity index (χ2n) is 29.7. The number of hydrogen-bond donors (Lipinski definition) is 19. The molecule has 0 radical (unpaired) electrons. The summed E-state index contributed by atoms with van der Waals surface area (Å²) >= 11 is 4.25. The van der Waals surface area contributed by atoms with Gasteiger partial charge in [0.2, 0.25) is 82.7 Å². The van der Waals surface area contributed by atoms with Gasteiger partial charge in [-0.3, -0.25) is 67.1 Å². The molecular weight excluding hydrogens is 1410 g/mol. The highest BCUT2D eigenvalue weighted by atomic mass is 32.1. The van der Waals surface area contributed by atoms with Gasteiger partial charge in [-0.2, -0.15) is 12.6 Å². The summed E-state index contributed by atoms with van der Waals surface area (Å²) in [7, 11) is 0. The minimum absolute atomic E-state index is 0.0352. The molecule has 0 bridgehead atoms. The van der Waals surface area contributed by atoms with Crippen LogP contribution in [0.2, 0.25) is 0 Å². The molecule has 0 aromatic heterocycles. The Balaban J connectivity index is 1.73. The lowest BCUT2D eigenvalue weighted by molar-refractivity contribution is -0.143. The Morgan fingerprint density at radius 3 is 1.23 bits per heavy atom. The lowest BCUT2D eigenvalue weighted by atomic mass is 10.00. The predicted octanol–water partition coefficient (Wildman–Crippen LogP) is -4.00. The van der Waals surface area contributed by atoms with Crippen LogP contribution in [0.25, 0.3) is 0 Å². The first kappa shape index (κ1) is 92.6. The second-order valence-corrected chi connectivity index (χ2v) is 30.0. The third-order valence-electron chi connectivity index (χ3n) is 17.8. The van der Waals surface area contributed by atoms with Gasteiger partial charge in [-0.05, 0) is 114 Å². The average Bonchev–Trinajstić information content (AvgIpc) is 1.75. The molecule has 2 aliphatic rings. The molecule has 0 aliphatic carbocycles. The van der Waals surface area contributed by atoms with E-state index in [1.165, 1.54) is 30.6 Å². The van der Waals surface area contributed by atoms with Gasteiger partial charge in [0.1, 0.15) is 84.6 Å². The third-order valence-corrected chi connectivity index (χ3v) is 18.2. The molecule has 1 aromatic rings. The zero-order chi connectivity index (χ0) is 80.9. The van der Waals surface area contributed by atoms with Gasteiger partial charge in [0.15, 0.2) is 0 Å². The molecule has 14 amide bonds. The number of carboxylic acids is 1. The summed E-state index contributed by atoms with van der Waals surface area (Å²) in [5.41, 5.74) is 6.30. The molecule has 3 rings (SSSR count). The number of aliphatic hydroxyl groups excluding tert-OH is 4. The van der Waals surface area contributed by atoms with Crippen molar-refractivity contribution in [1.29, 1.82) is 0 Å². The predicted molar refractivity (Wildman–Crippen MR) is 394 cm³/mol. The average molecular weight is 1530 g/mol. The molecule has 107 heavy (non-hydrogen) atoms. The zero-order valence-corrected chi connectivity index (χ0v) is 64.5. The minimum Gasteiger partial charge on any atom is -0.480 e. The Morgan fingerprint density at radius 1 is 0.439 bits per heavy atom. The van der Waals surface area contributed by atoms with Crippen LogP contribution < -0.4 is 69.5 Å². The van der Waals surface area contributed by atoms with E-state index in [1.807, 2.05) is 0 Å². The summed E-state index contributed by atoms with van der Waals surface area (Å²) in [6.45, 7) is 18.9. The molecule has 2 saturated heterocycles. The van der Waals surface area contributed by atoms with Gasteiger partial charge in [-0.25, -0.2) is 4.79 Å². The first-order valence-electron chi connectivity index (χ1n) is 36.6. The second kappa shape index (κ2) is 45.3. The maximum Gasteiger partial charge on any atom is 0.326 e. The summed E-state index contributed by atoms with van der Waals surface area (Å²) in [4.78, 5) is 208. The van der Waals surface area contributed by atoms with Crippen LogP contribution in [-0.4, -0.2) is 259 Å². The third kappa shape index (κ3) is 30.5. The number of hydrogen-bond acceptors (Lipinski definition) is 21. The minimum atomic E-state index is -1.84. The Morgan fingerprint density at radius 2 is 0.804 bits per heavy atom. The van der Waals surface area contributed by atoms with Gasteiger partial charge >= 0.3 is 5.97 Å². The number of nitrogens with one attached hydrogen (secondary N) is 12. The smallest absolute Gasteiger partial charge is 0.326 e. The number of nitrogens with two attached hydrogens (primary N) is 1. The number of carbonyl (C=O) groups excluding carboxylic acids is 14. The topological polar surface area (TPSA) is 534 Å². The molecule has 0 spiro atoms. The molecule has 0 unspecified atom stereocenters. The van der Waals surface area contributed by atoms with Crippen molar-refractivity contribution in [3.8, 4) is 0 Å². The van der Waals surface area contributed by atoms with Crippen molar-refractivity contribution in [2.75, 3.05) is 38.6 Å². The van der Waals surface area contributed by atoms with Gasteiger partial charge in [0, 0.05) is 25.3 Å². The summed E-state index contributed by atoms with van der Waals surface area (Å²) in [6.07, 6.45) is -1.79. The van der Waals surface area contributed by atoms with Crippen LogP contribution in [0.5, 0.6) is 0 Å². The maximum absolute atomic E-state index is 14.5. The number of likely N-dealkylation sites (tertiary alicyclic amines) is 2. The van der Waals surface area contributed by atoms with E-state index in [9.17, 15) is 97.5 Å². The van der Waals surface area contributed by atoms with Crippen LogP contribution in [0.3, 0.4) is 0 Å². The number of benzene rings is 1. The van der Waals surface area contributed by atoms with E-state index in [0.29, 0.717) is 18.4 Å². The molecule has 1 aromatic carbocycles. The van der Waals surface area contributed by atoms with Crippen molar-refractivity contribution in [3.63, 3.8) is 0 Å². The fraction of sp³-hybridized carbons (Fsp3) is 0.704. The van der Waals surface area contributed by atoms with Crippen LogP contribution in [0, 0.1) is 29.6 Å². The fourth-order valence-corrected chi connectivity index (χ4v) is 12.4. The molecule has 35 nitrogen and oxygen atoms in total. The molecular formula is C71H117N15O20S. The van der Waals surface area contributed by atoms with Crippen molar-refractivity contribution in [2.24, 2.45) is 35.3 Å². The lowest BCUT2D eigenvalue weighted by Gasteiger charge is -2.31. The summed E-state index contributed by atoms with van der Waals surface area (Å²) in [5, 5.41) is 81.5. The quantitative estimate of drug-likeness (QED) is 0.0277. The molecule has 2 fully saturated rings. The van der Waals surface area contributed by atoms with Gasteiger partial charge < -0.3 is 105 Å². The molecule has 2 aliphatic heterocycles. The summed E-state index contributed by atoms with van der Waals surface area (Å²) < 4.78 is 0.